The van der Waals surface area contributed by atoms with Crippen LogP contribution in [0.3, 0.4) is 0 Å². The number of halogens is 2. The summed E-state index contributed by atoms with van der Waals surface area (Å²) in [5.41, 5.74) is 2.12. The fraction of sp³-hybridized carbons (Fsp3) is 0.387. The molecule has 6 rings (SSSR count). The van der Waals surface area contributed by atoms with E-state index >= 15 is 0 Å². The molecule has 0 saturated carbocycles. The quantitative estimate of drug-likeness (QED) is 0.497. The molecule has 2 atom stereocenters. The van der Waals surface area contributed by atoms with E-state index in [-0.39, 0.29) is 11.8 Å². The number of pyridine rings is 2. The first-order valence-electron chi connectivity index (χ1n) is 13.5. The van der Waals surface area contributed by atoms with Crippen LogP contribution in [0.4, 0.5) is 14.6 Å². The number of rotatable bonds is 5. The minimum absolute atomic E-state index is 0.0454. The van der Waals surface area contributed by atoms with Crippen LogP contribution in [0.2, 0.25) is 0 Å². The van der Waals surface area contributed by atoms with Crippen LogP contribution in [0.1, 0.15) is 62.1 Å². The summed E-state index contributed by atoms with van der Waals surface area (Å²) in [4.78, 5) is 41.9. The highest BCUT2D eigenvalue weighted by Gasteiger charge is 2.52. The lowest BCUT2D eigenvalue weighted by molar-refractivity contribution is -0.128. The van der Waals surface area contributed by atoms with Crippen LogP contribution < -0.4 is 5.32 Å². The number of hydrogen-bond donors (Lipinski definition) is 1. The Labute approximate surface area is 231 Å². The first kappa shape index (κ1) is 26.2. The Morgan fingerprint density at radius 1 is 1.05 bits per heavy atom. The van der Waals surface area contributed by atoms with Crippen molar-refractivity contribution in [2.45, 2.75) is 64.5 Å². The number of aliphatic imine (C=N–C) groups is 1. The number of benzene rings is 1. The number of carbonyl (C=O) groups excluding carboxylic acids is 2. The van der Waals surface area contributed by atoms with Crippen LogP contribution in [-0.2, 0) is 39.9 Å². The number of nitrogens with one attached hydrogen (secondary N) is 1. The number of amides is 2. The van der Waals surface area contributed by atoms with Gasteiger partial charge in [-0.3, -0.25) is 19.6 Å². The van der Waals surface area contributed by atoms with Crippen LogP contribution in [0.25, 0.3) is 0 Å². The molecule has 4 heterocycles. The minimum atomic E-state index is -1.22. The van der Waals surface area contributed by atoms with E-state index in [1.165, 1.54) is 12.1 Å². The third-order valence-electron chi connectivity index (χ3n) is 8.34. The summed E-state index contributed by atoms with van der Waals surface area (Å²) in [7, 11) is 0. The maximum atomic E-state index is 14.2. The van der Waals surface area contributed by atoms with Crippen molar-refractivity contribution in [2.24, 2.45) is 10.4 Å². The van der Waals surface area contributed by atoms with Crippen LogP contribution in [0, 0.1) is 17.0 Å². The Morgan fingerprint density at radius 2 is 1.80 bits per heavy atom. The van der Waals surface area contributed by atoms with Crippen molar-refractivity contribution in [2.75, 3.05) is 11.9 Å². The van der Waals surface area contributed by atoms with Crippen molar-refractivity contribution < 1.29 is 18.4 Å². The van der Waals surface area contributed by atoms with Crippen molar-refractivity contribution in [3.05, 3.63) is 88.4 Å². The molecule has 3 aliphatic rings. The molecule has 0 unspecified atom stereocenters. The van der Waals surface area contributed by atoms with Crippen molar-refractivity contribution >= 4 is 23.3 Å². The van der Waals surface area contributed by atoms with E-state index in [4.69, 9.17) is 9.98 Å². The molecule has 0 fully saturated rings. The zero-order valence-corrected chi connectivity index (χ0v) is 23.0. The summed E-state index contributed by atoms with van der Waals surface area (Å²) >= 11 is 0. The van der Waals surface area contributed by atoms with Gasteiger partial charge < -0.3 is 10.2 Å². The minimum Gasteiger partial charge on any atom is -0.310 e. The average Bonchev–Trinajstić information content (AvgIpc) is 3.49. The molecule has 0 radical (unpaired) electrons. The predicted molar refractivity (Wildman–Crippen MR) is 147 cm³/mol. The molecule has 1 aromatic carbocycles. The van der Waals surface area contributed by atoms with E-state index in [9.17, 15) is 18.4 Å². The maximum absolute atomic E-state index is 14.2. The van der Waals surface area contributed by atoms with E-state index in [1.807, 2.05) is 39.1 Å². The molecular formula is C31H31F2N5O2. The number of carbonyl (C=O) groups is 2. The van der Waals surface area contributed by atoms with Crippen LogP contribution in [0.5, 0.6) is 0 Å². The van der Waals surface area contributed by atoms with Crippen molar-refractivity contribution in [3.8, 4) is 0 Å². The van der Waals surface area contributed by atoms with Gasteiger partial charge in [-0.25, -0.2) is 13.8 Å². The van der Waals surface area contributed by atoms with E-state index in [0.29, 0.717) is 49.3 Å². The molecule has 2 aliphatic heterocycles. The third-order valence-corrected chi connectivity index (χ3v) is 8.34. The second-order valence-electron chi connectivity index (χ2n) is 12.2. The smallest absolute Gasteiger partial charge is 0.270 e. The molecule has 7 nitrogen and oxygen atoms in total. The van der Waals surface area contributed by atoms with Crippen molar-refractivity contribution in [3.63, 3.8) is 0 Å². The largest absolute Gasteiger partial charge is 0.310 e. The molecule has 1 aliphatic carbocycles. The predicted octanol–water partition coefficient (Wildman–Crippen LogP) is 4.88. The SMILES string of the molecule is CC(C)(C)C1=N[C@@](C)(c2cc(F)cc(F)c2)N(CCCc2cnc3c(c2)C[C@@]2(C3)C(=O)Nc3ncccc32)C1=O. The lowest BCUT2D eigenvalue weighted by Crippen LogP contribution is -2.44. The van der Waals surface area contributed by atoms with Gasteiger partial charge in [-0.1, -0.05) is 32.9 Å². The zero-order chi connectivity index (χ0) is 28.4. The molecule has 2 amide bonds. The number of nitrogens with zero attached hydrogens (tertiary/aromatic N) is 4. The fourth-order valence-electron chi connectivity index (χ4n) is 6.25. The van der Waals surface area contributed by atoms with Gasteiger partial charge in [-0.15, -0.1) is 0 Å². The molecule has 1 N–H and O–H groups in total. The number of aryl methyl sites for hydroxylation is 1. The number of fused-ring (bicyclic) bond motifs is 3. The normalized spacial score (nSPS) is 23.4. The van der Waals surface area contributed by atoms with Gasteiger partial charge >= 0.3 is 0 Å². The lowest BCUT2D eigenvalue weighted by Gasteiger charge is -2.34. The van der Waals surface area contributed by atoms with Crippen LogP contribution in [-0.4, -0.2) is 38.9 Å². The molecule has 40 heavy (non-hydrogen) atoms. The third kappa shape index (κ3) is 4.10. The molecule has 0 saturated heterocycles. The van der Waals surface area contributed by atoms with Crippen LogP contribution in [0.15, 0.2) is 53.8 Å². The Balaban J connectivity index is 1.21. The molecule has 206 valence electrons. The molecule has 0 bridgehead atoms. The first-order valence-corrected chi connectivity index (χ1v) is 13.5. The maximum Gasteiger partial charge on any atom is 0.270 e. The molecule has 1 spiro atoms. The highest BCUT2D eigenvalue weighted by Crippen LogP contribution is 2.46. The fourth-order valence-corrected chi connectivity index (χ4v) is 6.25. The topological polar surface area (TPSA) is 87.6 Å². The van der Waals surface area contributed by atoms with Gasteiger partial charge in [0.1, 0.15) is 23.2 Å². The van der Waals surface area contributed by atoms with E-state index in [1.54, 1.807) is 18.0 Å². The number of anilines is 1. The second kappa shape index (κ2) is 9.01. The average molecular weight is 544 g/mol. The number of aromatic nitrogens is 2. The Bertz CT molecular complexity index is 1580. The van der Waals surface area contributed by atoms with E-state index < -0.39 is 28.1 Å². The van der Waals surface area contributed by atoms with E-state index in [0.717, 1.165) is 28.5 Å². The Morgan fingerprint density at radius 3 is 2.52 bits per heavy atom. The number of hydrogen-bond acceptors (Lipinski definition) is 5. The van der Waals surface area contributed by atoms with E-state index in [2.05, 4.69) is 16.4 Å². The van der Waals surface area contributed by atoms with Gasteiger partial charge in [0.05, 0.1) is 5.41 Å². The Kier molecular flexibility index (Phi) is 5.91. The van der Waals surface area contributed by atoms with Gasteiger partial charge in [0.15, 0.2) is 5.66 Å². The molecule has 2 aromatic heterocycles. The first-order chi connectivity index (χ1) is 18.9. The van der Waals surface area contributed by atoms with Gasteiger partial charge in [0, 0.05) is 53.7 Å². The monoisotopic (exact) mass is 543 g/mol. The summed E-state index contributed by atoms with van der Waals surface area (Å²) in [5, 5.41) is 2.92. The summed E-state index contributed by atoms with van der Waals surface area (Å²) in [6.07, 6.45) is 5.84. The molecule has 3 aromatic rings. The van der Waals surface area contributed by atoms with Crippen molar-refractivity contribution in [1.82, 2.24) is 14.9 Å². The molecular weight excluding hydrogens is 512 g/mol. The zero-order valence-electron chi connectivity index (χ0n) is 23.0. The highest BCUT2D eigenvalue weighted by atomic mass is 19.1. The summed E-state index contributed by atoms with van der Waals surface area (Å²) in [5.74, 6) is -1.07. The summed E-state index contributed by atoms with van der Waals surface area (Å²) in [6.45, 7) is 7.79. The lowest BCUT2D eigenvalue weighted by atomic mass is 9.80. The van der Waals surface area contributed by atoms with Gasteiger partial charge in [-0.05, 0) is 55.5 Å². The van der Waals surface area contributed by atoms with Gasteiger partial charge in [-0.2, -0.15) is 0 Å². The van der Waals surface area contributed by atoms with Gasteiger partial charge in [0.25, 0.3) is 5.91 Å². The van der Waals surface area contributed by atoms with Crippen molar-refractivity contribution in [1.29, 1.82) is 0 Å². The summed E-state index contributed by atoms with van der Waals surface area (Å²) in [6, 6.07) is 9.20. The van der Waals surface area contributed by atoms with Gasteiger partial charge in [0.2, 0.25) is 5.91 Å². The standard InChI is InChI=1S/C31H31F2N5O2/c1-29(2,3)25-27(39)38(30(4,37-25)20-12-21(32)14-22(33)13-20)10-6-7-18-11-19-15-31(16-24(19)35-17-18)23-8-5-9-34-26(23)36-28(31)40/h5,8-9,11-14,17H,6-7,10,15-16H2,1-4H3,(H,34,36,40)/t30-,31+/m1/s1. The molecule has 9 heteroatoms. The second-order valence-corrected chi connectivity index (χ2v) is 12.2. The van der Waals surface area contributed by atoms with Crippen LogP contribution >= 0.6 is 0 Å². The Hall–Kier alpha value is -4.01. The highest BCUT2D eigenvalue weighted by molar-refractivity contribution is 6.42. The summed E-state index contributed by atoms with van der Waals surface area (Å²) < 4.78 is 28.4.